The quantitative estimate of drug-likeness (QED) is 0.636. The van der Waals surface area contributed by atoms with Crippen molar-refractivity contribution in [2.45, 2.75) is 12.6 Å². The molecule has 20 heavy (non-hydrogen) atoms. The van der Waals surface area contributed by atoms with Crippen LogP contribution in [0.2, 0.25) is 0 Å². The summed E-state index contributed by atoms with van der Waals surface area (Å²) in [5.41, 5.74) is 0.0504. The van der Waals surface area contributed by atoms with Crippen molar-refractivity contribution in [3.05, 3.63) is 51.5 Å². The van der Waals surface area contributed by atoms with Crippen LogP contribution in [0.4, 0.5) is 22.0 Å². The minimum atomic E-state index is -4.62. The largest absolute Gasteiger partial charge is 0.443 e. The number of alkyl halides is 3. The summed E-state index contributed by atoms with van der Waals surface area (Å²) in [5.74, 6) is -2.39. The van der Waals surface area contributed by atoms with E-state index in [4.69, 9.17) is 0 Å². The molecule has 0 fully saturated rings. The lowest BCUT2D eigenvalue weighted by atomic mass is 10.1. The molecule has 0 unspecified atom stereocenters. The Morgan fingerprint density at radius 1 is 1.15 bits per heavy atom. The molecule has 0 amide bonds. The molecule has 1 aromatic heterocycles. The Hall–Kier alpha value is -1.83. The maximum Gasteiger partial charge on any atom is 0.443 e. The molecule has 0 atom stereocenters. The van der Waals surface area contributed by atoms with Gasteiger partial charge in [-0.3, -0.25) is 4.79 Å². The summed E-state index contributed by atoms with van der Waals surface area (Å²) in [7, 11) is 0. The molecular formula is C12H6F5NOS. The minimum absolute atomic E-state index is 0.0504. The molecule has 1 aromatic carbocycles. The zero-order chi connectivity index (χ0) is 14.9. The van der Waals surface area contributed by atoms with E-state index in [1.54, 1.807) is 0 Å². The number of hydrogen-bond donors (Lipinski definition) is 0. The fraction of sp³-hybridized carbons (Fsp3) is 0.167. The van der Waals surface area contributed by atoms with Crippen molar-refractivity contribution in [3.63, 3.8) is 0 Å². The molecule has 0 aliphatic carbocycles. The van der Waals surface area contributed by atoms with E-state index < -0.39 is 35.0 Å². The fourth-order valence-electron chi connectivity index (χ4n) is 1.52. The smallest absolute Gasteiger partial charge is 0.293 e. The molecule has 0 radical (unpaired) electrons. The van der Waals surface area contributed by atoms with Gasteiger partial charge in [0.2, 0.25) is 0 Å². The molecule has 0 spiro atoms. The lowest BCUT2D eigenvalue weighted by Crippen LogP contribution is -2.03. The number of benzene rings is 1. The molecule has 0 bridgehead atoms. The average Bonchev–Trinajstić information content (AvgIpc) is 2.75. The summed E-state index contributed by atoms with van der Waals surface area (Å²) >= 11 is 0.202. The highest BCUT2D eigenvalue weighted by atomic mass is 32.1. The molecule has 2 nitrogen and oxygen atoms in total. The number of nitrogens with zero attached hydrogens (tertiary/aromatic N) is 1. The Morgan fingerprint density at radius 3 is 2.25 bits per heavy atom. The summed E-state index contributed by atoms with van der Waals surface area (Å²) in [6.45, 7) is 0. The van der Waals surface area contributed by atoms with E-state index in [0.29, 0.717) is 6.07 Å². The van der Waals surface area contributed by atoms with Gasteiger partial charge in [-0.2, -0.15) is 13.2 Å². The molecule has 1 heterocycles. The molecule has 2 rings (SSSR count). The number of hydrogen-bond acceptors (Lipinski definition) is 3. The number of halogens is 5. The minimum Gasteiger partial charge on any atom is -0.293 e. The highest BCUT2D eigenvalue weighted by Crippen LogP contribution is 2.32. The van der Waals surface area contributed by atoms with Crippen molar-refractivity contribution < 1.29 is 26.7 Å². The Labute approximate surface area is 113 Å². The van der Waals surface area contributed by atoms with Gasteiger partial charge in [-0.25, -0.2) is 13.8 Å². The number of rotatable bonds is 3. The predicted molar refractivity (Wildman–Crippen MR) is 61.5 cm³/mol. The van der Waals surface area contributed by atoms with Gasteiger partial charge >= 0.3 is 6.18 Å². The van der Waals surface area contributed by atoms with Gasteiger partial charge in [-0.15, -0.1) is 11.3 Å². The van der Waals surface area contributed by atoms with Crippen molar-refractivity contribution in [1.29, 1.82) is 0 Å². The van der Waals surface area contributed by atoms with Crippen LogP contribution in [0.25, 0.3) is 0 Å². The first-order valence-electron chi connectivity index (χ1n) is 5.27. The Bertz CT molecular complexity index is 629. The second-order valence-corrected chi connectivity index (χ2v) is 4.94. The molecular weight excluding hydrogens is 301 g/mol. The summed E-state index contributed by atoms with van der Waals surface area (Å²) in [5, 5.41) is -1.13. The number of Topliss-reactive ketones (excluding diaryl/α,β-unsaturated/α-hetero) is 1. The van der Waals surface area contributed by atoms with Crippen molar-refractivity contribution in [2.75, 3.05) is 0 Å². The highest BCUT2D eigenvalue weighted by molar-refractivity contribution is 7.13. The van der Waals surface area contributed by atoms with Gasteiger partial charge in [0.1, 0.15) is 11.6 Å². The van der Waals surface area contributed by atoms with Crippen LogP contribution in [0.3, 0.4) is 0 Å². The van der Waals surface area contributed by atoms with Gasteiger partial charge in [0.25, 0.3) is 0 Å². The van der Waals surface area contributed by atoms with Gasteiger partial charge in [-0.05, 0) is 17.7 Å². The number of thiazole rings is 1. The Morgan fingerprint density at radius 2 is 1.75 bits per heavy atom. The number of carbonyl (C=O) groups excluding carboxylic acids is 1. The van der Waals surface area contributed by atoms with Gasteiger partial charge in [-0.1, -0.05) is 0 Å². The van der Waals surface area contributed by atoms with Crippen LogP contribution < -0.4 is 0 Å². The maximum atomic E-state index is 12.9. The zero-order valence-electron chi connectivity index (χ0n) is 9.67. The van der Waals surface area contributed by atoms with Gasteiger partial charge in [0.05, 0.1) is 4.88 Å². The van der Waals surface area contributed by atoms with Gasteiger partial charge in [0, 0.05) is 18.7 Å². The normalized spacial score (nSPS) is 11.7. The van der Waals surface area contributed by atoms with Crippen LogP contribution >= 0.6 is 11.3 Å². The van der Waals surface area contributed by atoms with Crippen LogP contribution in [-0.4, -0.2) is 10.8 Å². The van der Waals surface area contributed by atoms with E-state index in [0.717, 1.165) is 18.3 Å². The molecule has 0 saturated carbocycles. The molecule has 2 aromatic rings. The lowest BCUT2D eigenvalue weighted by Gasteiger charge is -2.01. The first-order chi connectivity index (χ1) is 9.25. The molecule has 0 saturated heterocycles. The zero-order valence-corrected chi connectivity index (χ0v) is 10.5. The average molecular weight is 307 g/mol. The van der Waals surface area contributed by atoms with Crippen LogP contribution in [0.5, 0.6) is 0 Å². The van der Waals surface area contributed by atoms with Crippen molar-refractivity contribution in [3.8, 4) is 0 Å². The van der Waals surface area contributed by atoms with E-state index in [1.165, 1.54) is 0 Å². The summed E-state index contributed by atoms with van der Waals surface area (Å²) < 4.78 is 62.9. The second-order valence-electron chi connectivity index (χ2n) is 3.91. The third kappa shape index (κ3) is 3.38. The van der Waals surface area contributed by atoms with Crippen molar-refractivity contribution >= 4 is 17.1 Å². The van der Waals surface area contributed by atoms with Crippen molar-refractivity contribution in [1.82, 2.24) is 4.98 Å². The Kier molecular flexibility index (Phi) is 3.85. The third-order valence-electron chi connectivity index (χ3n) is 2.31. The molecule has 8 heteroatoms. The maximum absolute atomic E-state index is 12.9. The summed E-state index contributed by atoms with van der Waals surface area (Å²) in [6.07, 6.45) is -4.20. The number of carbonyl (C=O) groups is 1. The predicted octanol–water partition coefficient (Wildman–Crippen LogP) is 3.87. The third-order valence-corrected chi connectivity index (χ3v) is 3.39. The van der Waals surface area contributed by atoms with Gasteiger partial charge in [0.15, 0.2) is 10.8 Å². The summed E-state index contributed by atoms with van der Waals surface area (Å²) in [6, 6.07) is 2.54. The lowest BCUT2D eigenvalue weighted by molar-refractivity contribution is -0.137. The van der Waals surface area contributed by atoms with Crippen LogP contribution in [0.1, 0.15) is 20.2 Å². The summed E-state index contributed by atoms with van der Waals surface area (Å²) in [4.78, 5) is 14.6. The molecule has 106 valence electrons. The SMILES string of the molecule is O=C(Cc1cc(F)cc(F)c1)c1cnc(C(F)(F)F)s1. The second kappa shape index (κ2) is 5.28. The van der Waals surface area contributed by atoms with E-state index >= 15 is 0 Å². The van der Waals surface area contributed by atoms with Crippen molar-refractivity contribution in [2.24, 2.45) is 0 Å². The first kappa shape index (κ1) is 14.6. The van der Waals surface area contributed by atoms with E-state index in [1.807, 2.05) is 0 Å². The monoisotopic (exact) mass is 307 g/mol. The topological polar surface area (TPSA) is 30.0 Å². The fourth-order valence-corrected chi connectivity index (χ4v) is 2.24. The molecule has 0 aliphatic heterocycles. The first-order valence-corrected chi connectivity index (χ1v) is 6.08. The standard InChI is InChI=1S/C12H6F5NOS/c13-7-1-6(2-8(14)4-7)3-9(19)10-5-18-11(20-10)12(15,16)17/h1-2,4-5H,3H2. The van der Waals surface area contributed by atoms with Crippen LogP contribution in [0, 0.1) is 11.6 Å². The molecule has 0 aliphatic rings. The van der Waals surface area contributed by atoms with Crippen LogP contribution in [-0.2, 0) is 12.6 Å². The molecule has 0 N–H and O–H groups in total. The Balaban J connectivity index is 2.18. The van der Waals surface area contributed by atoms with E-state index in [2.05, 4.69) is 4.98 Å². The van der Waals surface area contributed by atoms with E-state index in [-0.39, 0.29) is 21.8 Å². The number of aromatic nitrogens is 1. The highest BCUT2D eigenvalue weighted by Gasteiger charge is 2.35. The van der Waals surface area contributed by atoms with E-state index in [9.17, 15) is 26.7 Å². The van der Waals surface area contributed by atoms with Gasteiger partial charge < -0.3 is 0 Å². The number of ketones is 1. The van der Waals surface area contributed by atoms with Crippen LogP contribution in [0.15, 0.2) is 24.4 Å².